The molecule has 0 amide bonds. The number of rotatable bonds is 6. The smallest absolute Gasteiger partial charge is 0.238 e. The number of hydrogen-bond donors (Lipinski definition) is 0. The quantitative estimate of drug-likeness (QED) is 0.172. The van der Waals surface area contributed by atoms with E-state index in [4.69, 9.17) is 15.0 Å². The van der Waals surface area contributed by atoms with Crippen molar-refractivity contribution < 1.29 is 0 Å². The van der Waals surface area contributed by atoms with Crippen molar-refractivity contribution in [1.82, 2.24) is 24.1 Å². The van der Waals surface area contributed by atoms with Crippen molar-refractivity contribution in [2.24, 2.45) is 0 Å². The van der Waals surface area contributed by atoms with E-state index >= 15 is 0 Å². The van der Waals surface area contributed by atoms with E-state index in [1.165, 1.54) is 22.1 Å². The molecule has 11 aromatic rings. The van der Waals surface area contributed by atoms with Crippen LogP contribution in [0.3, 0.4) is 0 Å². The third-order valence-corrected chi connectivity index (χ3v) is 10.8. The fourth-order valence-corrected chi connectivity index (χ4v) is 8.24. The number of benzene rings is 8. The minimum atomic E-state index is 0.563. The van der Waals surface area contributed by atoms with E-state index < -0.39 is 0 Å². The van der Waals surface area contributed by atoms with E-state index in [-0.39, 0.29) is 0 Å². The molecule has 3 aromatic heterocycles. The van der Waals surface area contributed by atoms with Crippen LogP contribution in [-0.4, -0.2) is 24.1 Å². The van der Waals surface area contributed by atoms with Gasteiger partial charge in [-0.1, -0.05) is 182 Å². The maximum absolute atomic E-state index is 5.33. The monoisotopic (exact) mass is 715 g/mol. The predicted octanol–water partition coefficient (Wildman–Crippen LogP) is 12.7. The first-order valence-corrected chi connectivity index (χ1v) is 18.9. The van der Waals surface area contributed by atoms with Crippen molar-refractivity contribution in [3.05, 3.63) is 200 Å². The molecule has 0 aliphatic rings. The zero-order valence-electron chi connectivity index (χ0n) is 30.3. The fraction of sp³-hybridized carbons (Fsp3) is 0. The van der Waals surface area contributed by atoms with Gasteiger partial charge < -0.3 is 4.57 Å². The Bertz CT molecular complexity index is 3200. The Labute approximate surface area is 323 Å². The van der Waals surface area contributed by atoms with Gasteiger partial charge in [-0.05, 0) is 34.9 Å². The molecular formula is C51H33N5. The third-order valence-electron chi connectivity index (χ3n) is 10.8. The van der Waals surface area contributed by atoms with Crippen LogP contribution in [0, 0.1) is 0 Å². The molecule has 0 radical (unpaired) electrons. The topological polar surface area (TPSA) is 48.5 Å². The first kappa shape index (κ1) is 31.9. The van der Waals surface area contributed by atoms with Gasteiger partial charge in [0.15, 0.2) is 11.6 Å². The molecule has 5 nitrogen and oxygen atoms in total. The van der Waals surface area contributed by atoms with Gasteiger partial charge in [-0.15, -0.1) is 0 Å². The maximum atomic E-state index is 5.33. The minimum Gasteiger partial charge on any atom is -0.307 e. The molecule has 0 saturated heterocycles. The van der Waals surface area contributed by atoms with Gasteiger partial charge in [0.1, 0.15) is 0 Å². The summed E-state index contributed by atoms with van der Waals surface area (Å²) < 4.78 is 4.69. The molecule has 5 heteroatoms. The van der Waals surface area contributed by atoms with Crippen LogP contribution >= 0.6 is 0 Å². The van der Waals surface area contributed by atoms with Crippen LogP contribution in [0.25, 0.3) is 100 Å². The van der Waals surface area contributed by atoms with Gasteiger partial charge in [0.2, 0.25) is 5.95 Å². The predicted molar refractivity (Wildman–Crippen MR) is 230 cm³/mol. The summed E-state index contributed by atoms with van der Waals surface area (Å²) in [6, 6.07) is 70.3. The Morgan fingerprint density at radius 2 is 0.750 bits per heavy atom. The molecule has 3 heterocycles. The van der Waals surface area contributed by atoms with Crippen molar-refractivity contribution >= 4 is 43.6 Å². The van der Waals surface area contributed by atoms with E-state index in [9.17, 15) is 0 Å². The van der Waals surface area contributed by atoms with Crippen molar-refractivity contribution in [1.29, 1.82) is 0 Å². The normalized spacial score (nSPS) is 11.6. The first-order chi connectivity index (χ1) is 27.8. The van der Waals surface area contributed by atoms with Crippen LogP contribution in [0.15, 0.2) is 200 Å². The lowest BCUT2D eigenvalue weighted by molar-refractivity contribution is 0.953. The Hall–Kier alpha value is -7.63. The van der Waals surface area contributed by atoms with Crippen molar-refractivity contribution in [3.63, 3.8) is 0 Å². The summed E-state index contributed by atoms with van der Waals surface area (Å²) in [6.45, 7) is 0. The Morgan fingerprint density at radius 1 is 0.286 bits per heavy atom. The average molecular weight is 716 g/mol. The van der Waals surface area contributed by atoms with Crippen molar-refractivity contribution in [3.8, 4) is 56.7 Å². The van der Waals surface area contributed by atoms with E-state index in [0.717, 1.165) is 60.6 Å². The summed E-state index contributed by atoms with van der Waals surface area (Å²) >= 11 is 0. The molecule has 56 heavy (non-hydrogen) atoms. The summed E-state index contributed by atoms with van der Waals surface area (Å²) in [5.74, 6) is 1.79. The Kier molecular flexibility index (Phi) is 7.42. The van der Waals surface area contributed by atoms with Crippen molar-refractivity contribution in [2.45, 2.75) is 0 Å². The molecule has 0 aliphatic carbocycles. The highest BCUT2D eigenvalue weighted by atomic mass is 15.2. The molecular weight excluding hydrogens is 683 g/mol. The number of hydrogen-bond acceptors (Lipinski definition) is 3. The van der Waals surface area contributed by atoms with E-state index in [2.05, 4.69) is 185 Å². The van der Waals surface area contributed by atoms with Crippen LogP contribution in [0.2, 0.25) is 0 Å². The number of fused-ring (bicyclic) bond motifs is 7. The average Bonchev–Trinajstić information content (AvgIpc) is 3.81. The molecule has 0 bridgehead atoms. The lowest BCUT2D eigenvalue weighted by Gasteiger charge is -2.14. The second-order valence-corrected chi connectivity index (χ2v) is 14.0. The second kappa shape index (κ2) is 13.0. The number of nitrogens with zero attached hydrogens (tertiary/aromatic N) is 5. The molecule has 0 aliphatic heterocycles. The zero-order chi connectivity index (χ0) is 37.0. The van der Waals surface area contributed by atoms with Gasteiger partial charge in [-0.25, -0.2) is 4.98 Å². The van der Waals surface area contributed by atoms with E-state index in [0.29, 0.717) is 17.6 Å². The van der Waals surface area contributed by atoms with Crippen LogP contribution in [-0.2, 0) is 0 Å². The molecule has 0 atom stereocenters. The van der Waals surface area contributed by atoms with Crippen LogP contribution in [0.1, 0.15) is 0 Å². The summed E-state index contributed by atoms with van der Waals surface area (Å²) in [4.78, 5) is 15.7. The highest BCUT2D eigenvalue weighted by Crippen LogP contribution is 2.44. The summed E-state index contributed by atoms with van der Waals surface area (Å²) in [5, 5.41) is 4.61. The number of aromatic nitrogens is 5. The van der Waals surface area contributed by atoms with Gasteiger partial charge in [-0.2, -0.15) is 9.97 Å². The first-order valence-electron chi connectivity index (χ1n) is 18.9. The standard InChI is InChI=1S/C51H33N5/c1-5-16-34(17-6-1)35-28-30-38(31-29-35)50-52-49(37-20-9-3-10-21-37)53-51(54-50)56-45-27-14-13-24-41(45)43-32-33-44-42-26-15-25-40(36-18-7-2-8-19-36)46(42)55(47(44)48(43)56)39-22-11-4-12-23-39/h1-33H. The molecule has 0 unspecified atom stereocenters. The fourth-order valence-electron chi connectivity index (χ4n) is 8.24. The molecule has 262 valence electrons. The van der Waals surface area contributed by atoms with E-state index in [1.54, 1.807) is 0 Å². The Morgan fingerprint density at radius 3 is 1.43 bits per heavy atom. The summed E-state index contributed by atoms with van der Waals surface area (Å²) in [6.07, 6.45) is 0. The summed E-state index contributed by atoms with van der Waals surface area (Å²) in [7, 11) is 0. The van der Waals surface area contributed by atoms with Gasteiger partial charge in [0.05, 0.1) is 22.1 Å². The van der Waals surface area contributed by atoms with Crippen LogP contribution in [0.4, 0.5) is 0 Å². The lowest BCUT2D eigenvalue weighted by atomic mass is 10.0. The molecule has 0 N–H and O–H groups in total. The molecule has 11 rings (SSSR count). The largest absolute Gasteiger partial charge is 0.307 e. The summed E-state index contributed by atoms with van der Waals surface area (Å²) in [5.41, 5.74) is 11.9. The van der Waals surface area contributed by atoms with Crippen LogP contribution < -0.4 is 0 Å². The molecule has 0 saturated carbocycles. The third kappa shape index (κ3) is 5.13. The Balaban J connectivity index is 1.26. The zero-order valence-corrected chi connectivity index (χ0v) is 30.3. The van der Waals surface area contributed by atoms with Crippen molar-refractivity contribution in [2.75, 3.05) is 0 Å². The van der Waals surface area contributed by atoms with Gasteiger partial charge in [-0.3, -0.25) is 4.57 Å². The number of para-hydroxylation sites is 3. The minimum absolute atomic E-state index is 0.563. The highest BCUT2D eigenvalue weighted by molar-refractivity contribution is 6.25. The van der Waals surface area contributed by atoms with E-state index in [1.807, 2.05) is 24.3 Å². The van der Waals surface area contributed by atoms with Gasteiger partial charge in [0, 0.05) is 43.9 Å². The molecule has 0 spiro atoms. The molecule has 8 aromatic carbocycles. The second-order valence-electron chi connectivity index (χ2n) is 14.0. The van der Waals surface area contributed by atoms with Gasteiger partial charge >= 0.3 is 0 Å². The maximum Gasteiger partial charge on any atom is 0.238 e. The lowest BCUT2D eigenvalue weighted by Crippen LogP contribution is -2.07. The molecule has 0 fully saturated rings. The SMILES string of the molecule is c1ccc(-c2ccc(-c3nc(-c4ccccc4)nc(-n4c5ccccc5c5ccc6c7cccc(-c8ccccc8)c7n(-c7ccccc7)c6c54)n3)cc2)cc1. The highest BCUT2D eigenvalue weighted by Gasteiger charge is 2.24. The van der Waals surface area contributed by atoms with Crippen LogP contribution in [0.5, 0.6) is 0 Å². The van der Waals surface area contributed by atoms with Gasteiger partial charge in [0.25, 0.3) is 0 Å².